The molecule has 0 radical (unpaired) electrons. The SMILES string of the molecule is CN1C(C(=O)NCCC[N+](C)(C)C)=C(OS(C)(=O)=O)c2ccccc2S1(=O)=O.[I-]. The third-order valence-electron chi connectivity index (χ3n) is 4.04. The molecular weight excluding hydrogens is 533 g/mol. The Morgan fingerprint density at radius 3 is 2.34 bits per heavy atom. The highest BCUT2D eigenvalue weighted by Crippen LogP contribution is 2.37. The summed E-state index contributed by atoms with van der Waals surface area (Å²) >= 11 is 0. The number of hydrogen-bond acceptors (Lipinski definition) is 6. The third-order valence-corrected chi connectivity index (χ3v) is 6.33. The molecule has 1 aliphatic rings. The molecule has 1 heterocycles. The van der Waals surface area contributed by atoms with E-state index in [0.717, 1.165) is 17.1 Å². The zero-order valence-corrected chi connectivity index (χ0v) is 20.8. The lowest BCUT2D eigenvalue weighted by atomic mass is 10.1. The minimum absolute atomic E-state index is 0. The van der Waals surface area contributed by atoms with Crippen molar-refractivity contribution in [3.05, 3.63) is 35.5 Å². The van der Waals surface area contributed by atoms with E-state index in [1.165, 1.54) is 25.2 Å². The molecule has 1 aliphatic heterocycles. The first-order chi connectivity index (χ1) is 12.7. The summed E-state index contributed by atoms with van der Waals surface area (Å²) in [4.78, 5) is 12.6. The average Bonchev–Trinajstić information content (AvgIpc) is 2.55. The molecule has 1 aromatic carbocycles. The van der Waals surface area contributed by atoms with Gasteiger partial charge in [0.25, 0.3) is 15.9 Å². The molecule has 2 rings (SSSR count). The van der Waals surface area contributed by atoms with Crippen molar-refractivity contribution in [1.82, 2.24) is 9.62 Å². The molecule has 1 N–H and O–H groups in total. The van der Waals surface area contributed by atoms with Crippen LogP contribution in [0.5, 0.6) is 0 Å². The zero-order chi connectivity index (χ0) is 21.3. The monoisotopic (exact) mass is 559 g/mol. The van der Waals surface area contributed by atoms with Crippen LogP contribution in [0.25, 0.3) is 5.76 Å². The van der Waals surface area contributed by atoms with Crippen LogP contribution >= 0.6 is 0 Å². The molecule has 1 aromatic rings. The molecule has 29 heavy (non-hydrogen) atoms. The smallest absolute Gasteiger partial charge is 0.306 e. The van der Waals surface area contributed by atoms with Crippen molar-refractivity contribution < 1.29 is 54.3 Å². The highest BCUT2D eigenvalue weighted by Gasteiger charge is 2.39. The Balaban J connectivity index is 0.00000420. The summed E-state index contributed by atoms with van der Waals surface area (Å²) in [5, 5.41) is 2.65. The summed E-state index contributed by atoms with van der Waals surface area (Å²) < 4.78 is 55.6. The lowest BCUT2D eigenvalue weighted by Gasteiger charge is -2.30. The van der Waals surface area contributed by atoms with Gasteiger partial charge in [-0.3, -0.25) is 9.10 Å². The van der Waals surface area contributed by atoms with Gasteiger partial charge in [0.2, 0.25) is 0 Å². The second kappa shape index (κ2) is 9.18. The summed E-state index contributed by atoms with van der Waals surface area (Å²) in [6, 6.07) is 5.80. The quantitative estimate of drug-likeness (QED) is 0.167. The highest BCUT2D eigenvalue weighted by atomic mass is 127. The maximum atomic E-state index is 12.8. The molecule has 0 saturated carbocycles. The first-order valence-corrected chi connectivity index (χ1v) is 11.8. The minimum Gasteiger partial charge on any atom is -1.00 e. The Morgan fingerprint density at radius 2 is 1.79 bits per heavy atom. The number of nitrogens with one attached hydrogen (secondary N) is 1. The predicted octanol–water partition coefficient (Wildman–Crippen LogP) is -2.82. The van der Waals surface area contributed by atoms with Crippen LogP contribution in [0, 0.1) is 0 Å². The van der Waals surface area contributed by atoms with Gasteiger partial charge in [-0.1, -0.05) is 12.1 Å². The maximum absolute atomic E-state index is 12.8. The van der Waals surface area contributed by atoms with Crippen molar-refractivity contribution in [2.75, 3.05) is 47.5 Å². The molecule has 0 fully saturated rings. The Hall–Kier alpha value is -1.38. The molecule has 12 heteroatoms. The number of nitrogens with zero attached hydrogens (tertiary/aromatic N) is 2. The van der Waals surface area contributed by atoms with Crippen LogP contribution in [0.4, 0.5) is 0 Å². The van der Waals surface area contributed by atoms with Gasteiger partial charge in [-0.25, -0.2) is 8.42 Å². The molecular formula is C17H26IN3O6S2. The fourth-order valence-electron chi connectivity index (χ4n) is 2.74. The summed E-state index contributed by atoms with van der Waals surface area (Å²) in [6.45, 7) is 1.10. The molecule has 0 aliphatic carbocycles. The van der Waals surface area contributed by atoms with Gasteiger partial charge < -0.3 is 38.0 Å². The number of fused-ring (bicyclic) bond motifs is 1. The van der Waals surface area contributed by atoms with Crippen LogP contribution in [0.15, 0.2) is 34.9 Å². The van der Waals surface area contributed by atoms with E-state index in [0.29, 0.717) is 17.4 Å². The number of halogens is 1. The molecule has 9 nitrogen and oxygen atoms in total. The van der Waals surface area contributed by atoms with E-state index in [1.54, 1.807) is 6.07 Å². The van der Waals surface area contributed by atoms with Crippen LogP contribution in [0.3, 0.4) is 0 Å². The van der Waals surface area contributed by atoms with Crippen molar-refractivity contribution in [3.8, 4) is 0 Å². The number of amides is 1. The van der Waals surface area contributed by atoms with E-state index in [-0.39, 0.29) is 45.9 Å². The van der Waals surface area contributed by atoms with Gasteiger partial charge in [-0.15, -0.1) is 0 Å². The van der Waals surface area contributed by atoms with Crippen LogP contribution in [0.1, 0.15) is 12.0 Å². The van der Waals surface area contributed by atoms with E-state index in [1.807, 2.05) is 21.1 Å². The van der Waals surface area contributed by atoms with Gasteiger partial charge >= 0.3 is 10.1 Å². The van der Waals surface area contributed by atoms with E-state index < -0.39 is 26.0 Å². The van der Waals surface area contributed by atoms with Crippen LogP contribution in [0.2, 0.25) is 0 Å². The molecule has 164 valence electrons. The predicted molar refractivity (Wildman–Crippen MR) is 105 cm³/mol. The van der Waals surface area contributed by atoms with Crippen molar-refractivity contribution in [3.63, 3.8) is 0 Å². The Kier molecular flexibility index (Phi) is 8.12. The number of benzene rings is 1. The van der Waals surface area contributed by atoms with Gasteiger partial charge in [0, 0.05) is 25.6 Å². The van der Waals surface area contributed by atoms with E-state index >= 15 is 0 Å². The molecule has 0 spiro atoms. The summed E-state index contributed by atoms with van der Waals surface area (Å²) in [5.41, 5.74) is -0.336. The van der Waals surface area contributed by atoms with Crippen LogP contribution in [-0.2, 0) is 29.1 Å². The lowest BCUT2D eigenvalue weighted by Crippen LogP contribution is -3.00. The number of carbonyl (C=O) groups is 1. The second-order valence-corrected chi connectivity index (χ2v) is 11.1. The van der Waals surface area contributed by atoms with Crippen molar-refractivity contribution >= 4 is 31.8 Å². The van der Waals surface area contributed by atoms with E-state index in [9.17, 15) is 21.6 Å². The second-order valence-electron chi connectivity index (χ2n) is 7.56. The fourth-order valence-corrected chi connectivity index (χ4v) is 4.60. The number of quaternary nitrogens is 1. The largest absolute Gasteiger partial charge is 1.00 e. The molecule has 1 amide bonds. The van der Waals surface area contributed by atoms with E-state index in [2.05, 4.69) is 5.32 Å². The topological polar surface area (TPSA) is 110 Å². The van der Waals surface area contributed by atoms with E-state index in [4.69, 9.17) is 4.18 Å². The fraction of sp³-hybridized carbons (Fsp3) is 0.471. The number of sulfonamides is 1. The van der Waals surface area contributed by atoms with Crippen molar-refractivity contribution in [1.29, 1.82) is 0 Å². The van der Waals surface area contributed by atoms with Gasteiger partial charge in [0.05, 0.1) is 38.8 Å². The maximum Gasteiger partial charge on any atom is 0.306 e. The molecule has 0 saturated heterocycles. The number of likely N-dealkylation sites (N-methyl/N-ethyl adjacent to an activating group) is 1. The van der Waals surface area contributed by atoms with Gasteiger partial charge in [-0.05, 0) is 12.1 Å². The normalized spacial score (nSPS) is 16.0. The van der Waals surface area contributed by atoms with Gasteiger partial charge in [0.1, 0.15) is 0 Å². The average molecular weight is 559 g/mol. The van der Waals surface area contributed by atoms with Gasteiger partial charge in [-0.2, -0.15) is 8.42 Å². The Bertz CT molecular complexity index is 1010. The highest BCUT2D eigenvalue weighted by molar-refractivity contribution is 7.89. The summed E-state index contributed by atoms with van der Waals surface area (Å²) in [7, 11) is -0.784. The molecule has 0 unspecified atom stereocenters. The minimum atomic E-state index is -4.02. The Labute approximate surface area is 189 Å². The Morgan fingerprint density at radius 1 is 1.21 bits per heavy atom. The van der Waals surface area contributed by atoms with Crippen LogP contribution in [-0.4, -0.2) is 79.1 Å². The molecule has 0 bridgehead atoms. The number of carbonyl (C=O) groups excluding carboxylic acids is 1. The summed E-state index contributed by atoms with van der Waals surface area (Å²) in [6.07, 6.45) is 1.50. The summed E-state index contributed by atoms with van der Waals surface area (Å²) in [5.74, 6) is -1.03. The van der Waals surface area contributed by atoms with Crippen molar-refractivity contribution in [2.24, 2.45) is 0 Å². The molecule has 0 atom stereocenters. The van der Waals surface area contributed by atoms with Crippen molar-refractivity contribution in [2.45, 2.75) is 11.3 Å². The van der Waals surface area contributed by atoms with Crippen LogP contribution < -0.4 is 29.3 Å². The number of hydrogen-bond donors (Lipinski definition) is 1. The zero-order valence-electron chi connectivity index (χ0n) is 17.0. The molecule has 0 aromatic heterocycles. The number of rotatable bonds is 7. The first kappa shape index (κ1) is 25.7. The standard InChI is InChI=1S/C17H25N3O6S2.HI/c1-19-15(17(21)18-11-8-12-20(2,3)4)16(26-27(5,22)23)13-9-6-7-10-14(13)28(19,24)25;/h6-7,9-10H,8,11-12H2,1-5H3;1H. The third kappa shape index (κ3) is 6.30. The first-order valence-electron chi connectivity index (χ1n) is 8.55. The van der Waals surface area contributed by atoms with Gasteiger partial charge in [0.15, 0.2) is 11.5 Å². The lowest BCUT2D eigenvalue weighted by molar-refractivity contribution is -0.870.